The summed E-state index contributed by atoms with van der Waals surface area (Å²) in [6.45, 7) is 6.15. The summed E-state index contributed by atoms with van der Waals surface area (Å²) in [4.78, 5) is 22.6. The first kappa shape index (κ1) is 13.0. The Balaban J connectivity index is 2.49. The molecule has 0 heterocycles. The highest BCUT2D eigenvalue weighted by Crippen LogP contribution is 2.34. The quantitative estimate of drug-likeness (QED) is 0.750. The lowest BCUT2D eigenvalue weighted by atomic mass is 9.73. The maximum Gasteiger partial charge on any atom is 0.307 e. The normalized spacial score (nSPS) is 26.0. The summed E-state index contributed by atoms with van der Waals surface area (Å²) in [6, 6.07) is 0.155. The highest BCUT2D eigenvalue weighted by molar-refractivity contribution is 5.86. The molecule has 1 fully saturated rings. The standard InChI is InChI=1S/C12H21NO3/c1-4-10(7(2)3)13-11(14)8-5-6-9(8)12(15)16/h7-10H,4-6H2,1-3H3,(H,13,14)(H,15,16). The van der Waals surface area contributed by atoms with Crippen LogP contribution in [0.15, 0.2) is 0 Å². The molecule has 0 saturated heterocycles. The molecule has 0 aromatic rings. The molecule has 0 bridgehead atoms. The van der Waals surface area contributed by atoms with Crippen LogP contribution in [0.2, 0.25) is 0 Å². The third-order valence-corrected chi connectivity index (χ3v) is 3.50. The maximum atomic E-state index is 11.8. The first-order chi connectivity index (χ1) is 7.47. The Bertz CT molecular complexity index is 275. The second-order valence-electron chi connectivity index (χ2n) is 4.90. The van der Waals surface area contributed by atoms with Gasteiger partial charge in [-0.25, -0.2) is 0 Å². The monoisotopic (exact) mass is 227 g/mol. The molecular weight excluding hydrogens is 206 g/mol. The van der Waals surface area contributed by atoms with Crippen molar-refractivity contribution in [1.29, 1.82) is 0 Å². The fourth-order valence-corrected chi connectivity index (χ4v) is 2.14. The van der Waals surface area contributed by atoms with Crippen LogP contribution in [-0.4, -0.2) is 23.0 Å². The van der Waals surface area contributed by atoms with E-state index in [2.05, 4.69) is 19.2 Å². The Morgan fingerprint density at radius 3 is 2.19 bits per heavy atom. The third kappa shape index (κ3) is 2.74. The van der Waals surface area contributed by atoms with Crippen molar-refractivity contribution in [2.45, 2.75) is 46.1 Å². The highest BCUT2D eigenvalue weighted by Gasteiger charge is 2.41. The first-order valence-electron chi connectivity index (χ1n) is 6.00. The minimum absolute atomic E-state index is 0.0841. The van der Waals surface area contributed by atoms with E-state index in [4.69, 9.17) is 5.11 Å². The lowest BCUT2D eigenvalue weighted by molar-refractivity contribution is -0.153. The Kier molecular flexibility index (Phi) is 4.33. The largest absolute Gasteiger partial charge is 0.481 e. The number of amides is 1. The number of carbonyl (C=O) groups is 2. The number of carboxylic acid groups (broad SMARTS) is 1. The van der Waals surface area contributed by atoms with Crippen LogP contribution in [0, 0.1) is 17.8 Å². The van der Waals surface area contributed by atoms with E-state index >= 15 is 0 Å². The molecule has 0 aromatic carbocycles. The van der Waals surface area contributed by atoms with E-state index in [-0.39, 0.29) is 17.9 Å². The number of carbonyl (C=O) groups excluding carboxylic acids is 1. The predicted molar refractivity (Wildman–Crippen MR) is 60.9 cm³/mol. The van der Waals surface area contributed by atoms with Crippen molar-refractivity contribution in [1.82, 2.24) is 5.32 Å². The van der Waals surface area contributed by atoms with Gasteiger partial charge < -0.3 is 10.4 Å². The van der Waals surface area contributed by atoms with E-state index in [1.165, 1.54) is 0 Å². The van der Waals surface area contributed by atoms with Gasteiger partial charge in [-0.15, -0.1) is 0 Å². The molecule has 3 unspecified atom stereocenters. The maximum absolute atomic E-state index is 11.8. The zero-order valence-electron chi connectivity index (χ0n) is 10.2. The Morgan fingerprint density at radius 1 is 1.31 bits per heavy atom. The zero-order valence-corrected chi connectivity index (χ0v) is 10.2. The number of hydrogen-bond donors (Lipinski definition) is 2. The first-order valence-corrected chi connectivity index (χ1v) is 6.00. The molecule has 0 aromatic heterocycles. The molecule has 1 aliphatic carbocycles. The van der Waals surface area contributed by atoms with E-state index in [1.54, 1.807) is 0 Å². The fourth-order valence-electron chi connectivity index (χ4n) is 2.14. The zero-order chi connectivity index (χ0) is 12.3. The van der Waals surface area contributed by atoms with E-state index < -0.39 is 11.9 Å². The van der Waals surface area contributed by atoms with Crippen LogP contribution in [0.3, 0.4) is 0 Å². The highest BCUT2D eigenvalue weighted by atomic mass is 16.4. The van der Waals surface area contributed by atoms with Crippen molar-refractivity contribution >= 4 is 11.9 Å². The summed E-state index contributed by atoms with van der Waals surface area (Å²) in [5.41, 5.74) is 0. The Morgan fingerprint density at radius 2 is 1.88 bits per heavy atom. The molecule has 1 amide bonds. The molecule has 3 atom stereocenters. The van der Waals surface area contributed by atoms with Gasteiger partial charge in [-0.05, 0) is 25.2 Å². The van der Waals surface area contributed by atoms with Crippen LogP contribution in [0.5, 0.6) is 0 Å². The summed E-state index contributed by atoms with van der Waals surface area (Å²) < 4.78 is 0. The molecule has 0 radical (unpaired) electrons. The minimum atomic E-state index is -0.844. The summed E-state index contributed by atoms with van der Waals surface area (Å²) in [5.74, 6) is -1.32. The van der Waals surface area contributed by atoms with Gasteiger partial charge in [0.15, 0.2) is 0 Å². The minimum Gasteiger partial charge on any atom is -0.481 e. The van der Waals surface area contributed by atoms with Crippen molar-refractivity contribution in [3.63, 3.8) is 0 Å². The van der Waals surface area contributed by atoms with Gasteiger partial charge in [-0.2, -0.15) is 0 Å². The van der Waals surface area contributed by atoms with Crippen molar-refractivity contribution in [3.05, 3.63) is 0 Å². The number of carboxylic acids is 1. The van der Waals surface area contributed by atoms with Gasteiger partial charge >= 0.3 is 5.97 Å². The Hall–Kier alpha value is -1.06. The number of nitrogens with one attached hydrogen (secondary N) is 1. The smallest absolute Gasteiger partial charge is 0.307 e. The molecule has 4 heteroatoms. The van der Waals surface area contributed by atoms with Gasteiger partial charge in [-0.1, -0.05) is 20.8 Å². The van der Waals surface area contributed by atoms with Gasteiger partial charge in [0.25, 0.3) is 0 Å². The fraction of sp³-hybridized carbons (Fsp3) is 0.833. The SMILES string of the molecule is CCC(NC(=O)C1CCC1C(=O)O)C(C)C. The van der Waals surface area contributed by atoms with E-state index in [0.29, 0.717) is 18.8 Å². The summed E-state index contributed by atoms with van der Waals surface area (Å²) in [7, 11) is 0. The van der Waals surface area contributed by atoms with Gasteiger partial charge in [0, 0.05) is 6.04 Å². The van der Waals surface area contributed by atoms with Crippen molar-refractivity contribution in [2.24, 2.45) is 17.8 Å². The molecule has 4 nitrogen and oxygen atoms in total. The molecule has 1 aliphatic rings. The Labute approximate surface area is 96.4 Å². The summed E-state index contributed by atoms with van der Waals surface area (Å²) in [6.07, 6.45) is 2.22. The second kappa shape index (κ2) is 5.32. The van der Waals surface area contributed by atoms with Crippen LogP contribution in [0.25, 0.3) is 0 Å². The lowest BCUT2D eigenvalue weighted by Gasteiger charge is -2.34. The van der Waals surface area contributed by atoms with Crippen LogP contribution in [0.1, 0.15) is 40.0 Å². The second-order valence-corrected chi connectivity index (χ2v) is 4.90. The molecule has 16 heavy (non-hydrogen) atoms. The topological polar surface area (TPSA) is 66.4 Å². The number of aliphatic carboxylic acids is 1. The average Bonchev–Trinajstić information content (AvgIpc) is 2.10. The summed E-state index contributed by atoms with van der Waals surface area (Å²) in [5, 5.41) is 11.8. The number of rotatable bonds is 5. The molecule has 0 spiro atoms. The lowest BCUT2D eigenvalue weighted by Crippen LogP contribution is -2.48. The van der Waals surface area contributed by atoms with Gasteiger partial charge in [0.2, 0.25) is 5.91 Å². The van der Waals surface area contributed by atoms with Crippen molar-refractivity contribution in [3.8, 4) is 0 Å². The van der Waals surface area contributed by atoms with Crippen LogP contribution in [0.4, 0.5) is 0 Å². The van der Waals surface area contributed by atoms with Crippen LogP contribution < -0.4 is 5.32 Å². The average molecular weight is 227 g/mol. The third-order valence-electron chi connectivity index (χ3n) is 3.50. The van der Waals surface area contributed by atoms with Gasteiger partial charge in [0.05, 0.1) is 11.8 Å². The van der Waals surface area contributed by atoms with E-state index in [1.807, 2.05) is 6.92 Å². The van der Waals surface area contributed by atoms with Crippen LogP contribution >= 0.6 is 0 Å². The predicted octanol–water partition coefficient (Wildman–Crippen LogP) is 1.65. The molecule has 1 rings (SSSR count). The molecule has 2 N–H and O–H groups in total. The van der Waals surface area contributed by atoms with E-state index in [9.17, 15) is 9.59 Å². The van der Waals surface area contributed by atoms with E-state index in [0.717, 1.165) is 6.42 Å². The summed E-state index contributed by atoms with van der Waals surface area (Å²) >= 11 is 0. The van der Waals surface area contributed by atoms with Crippen molar-refractivity contribution in [2.75, 3.05) is 0 Å². The molecular formula is C12H21NO3. The van der Waals surface area contributed by atoms with Gasteiger partial charge in [-0.3, -0.25) is 9.59 Å². The van der Waals surface area contributed by atoms with Crippen LogP contribution in [-0.2, 0) is 9.59 Å². The number of hydrogen-bond acceptors (Lipinski definition) is 2. The molecule has 92 valence electrons. The van der Waals surface area contributed by atoms with Gasteiger partial charge in [0.1, 0.15) is 0 Å². The molecule has 1 saturated carbocycles. The molecule has 0 aliphatic heterocycles. The van der Waals surface area contributed by atoms with Crippen molar-refractivity contribution < 1.29 is 14.7 Å².